The number of allylic oxidation sites excluding steroid dienone is 1. The first-order chi connectivity index (χ1) is 44.5. The Labute approximate surface area is 567 Å². The molecule has 2 aliphatic rings. The minimum absolute atomic E-state index is 0.104. The van der Waals surface area contributed by atoms with Crippen LogP contribution < -0.4 is 5.73 Å². The quantitative estimate of drug-likeness (QED) is 0.0845. The summed E-state index contributed by atoms with van der Waals surface area (Å²) >= 11 is 0. The average molecular weight is 1360 g/mol. The van der Waals surface area contributed by atoms with Crippen LogP contribution in [0.5, 0.6) is 0 Å². The van der Waals surface area contributed by atoms with Crippen molar-refractivity contribution in [3.05, 3.63) is 47.6 Å². The van der Waals surface area contributed by atoms with Crippen LogP contribution in [-0.4, -0.2) is 239 Å². The van der Waals surface area contributed by atoms with Crippen molar-refractivity contribution in [3.8, 4) is 0 Å². The number of rotatable bonds is 10. The Balaban J connectivity index is 2.44. The molecule has 1 saturated heterocycles. The predicted octanol–water partition coefficient (Wildman–Crippen LogP) is 3.50. The largest absolute Gasteiger partial charge is 0.462 e. The van der Waals surface area contributed by atoms with Crippen LogP contribution >= 0.6 is 0 Å². The van der Waals surface area contributed by atoms with E-state index >= 15 is 0 Å². The van der Waals surface area contributed by atoms with Crippen LogP contribution in [-0.2, 0) is 19.0 Å². The zero-order valence-electron chi connectivity index (χ0n) is 59.3. The van der Waals surface area contributed by atoms with Gasteiger partial charge in [-0.3, -0.25) is 4.79 Å². The third-order valence-electron chi connectivity index (χ3n) is 20.8. The molecule has 2 heterocycles. The van der Waals surface area contributed by atoms with Crippen LogP contribution in [0, 0.1) is 59.2 Å². The van der Waals surface area contributed by atoms with Crippen molar-refractivity contribution in [2.24, 2.45) is 64.9 Å². The van der Waals surface area contributed by atoms with Crippen molar-refractivity contribution in [2.75, 3.05) is 13.2 Å². The zero-order valence-corrected chi connectivity index (χ0v) is 59.3. The van der Waals surface area contributed by atoms with E-state index in [1.54, 1.807) is 74.5 Å². The van der Waals surface area contributed by atoms with E-state index in [2.05, 4.69) is 0 Å². The summed E-state index contributed by atoms with van der Waals surface area (Å²) in [4.78, 5) is 13.5. The lowest BCUT2D eigenvalue weighted by atomic mass is 9.81. The fraction of sp³-hybridized carbons (Fsp3) is 0.875. The van der Waals surface area contributed by atoms with E-state index in [4.69, 9.17) is 19.9 Å². The summed E-state index contributed by atoms with van der Waals surface area (Å²) in [6.45, 7) is 20.3. The van der Waals surface area contributed by atoms with Gasteiger partial charge in [0.15, 0.2) is 6.29 Å². The van der Waals surface area contributed by atoms with Gasteiger partial charge in [0.2, 0.25) is 0 Å². The molecule has 558 valence electrons. The van der Waals surface area contributed by atoms with Crippen LogP contribution in [0.4, 0.5) is 0 Å². The first kappa shape index (κ1) is 88.7. The second kappa shape index (κ2) is 45.5. The highest BCUT2D eigenvalue weighted by atomic mass is 16.7. The van der Waals surface area contributed by atoms with Gasteiger partial charge >= 0.3 is 5.97 Å². The number of esters is 1. The summed E-state index contributed by atoms with van der Waals surface area (Å²) in [5, 5.41) is 200. The van der Waals surface area contributed by atoms with Gasteiger partial charge in [0.05, 0.1) is 92.1 Å². The number of carbonyl (C=O) groups excluding carboxylic acids is 1. The van der Waals surface area contributed by atoms with Gasteiger partial charge in [0.1, 0.15) is 36.6 Å². The summed E-state index contributed by atoms with van der Waals surface area (Å²) in [6, 6.07) is 0. The Morgan fingerprint density at radius 3 is 1.67 bits per heavy atom. The van der Waals surface area contributed by atoms with E-state index in [0.29, 0.717) is 57.1 Å². The van der Waals surface area contributed by atoms with Gasteiger partial charge in [-0.15, -0.1) is 0 Å². The molecule has 20 N–H and O–H groups in total. The van der Waals surface area contributed by atoms with Crippen LogP contribution in [0.2, 0.25) is 0 Å². The summed E-state index contributed by atoms with van der Waals surface area (Å²) in [5.74, 6) is -6.35. The minimum atomic E-state index is -1.87. The molecule has 2 aliphatic heterocycles. The number of hydrogen-bond donors (Lipinski definition) is 19. The number of nitrogens with two attached hydrogens (primary N) is 1. The Morgan fingerprint density at radius 2 is 1.06 bits per heavy atom. The van der Waals surface area contributed by atoms with Crippen molar-refractivity contribution in [1.82, 2.24) is 0 Å². The number of aliphatic hydroxyl groups excluding tert-OH is 18. The van der Waals surface area contributed by atoms with Gasteiger partial charge in [0.25, 0.3) is 0 Å². The smallest absolute Gasteiger partial charge is 0.306 e. The van der Waals surface area contributed by atoms with Crippen molar-refractivity contribution < 1.29 is 111 Å². The molecular weight excluding hydrogens is 1230 g/mol. The summed E-state index contributed by atoms with van der Waals surface area (Å²) in [7, 11) is 0. The Morgan fingerprint density at radius 1 is 0.516 bits per heavy atom. The lowest BCUT2D eigenvalue weighted by Gasteiger charge is -2.41. The number of ether oxygens (including phenoxy) is 3. The van der Waals surface area contributed by atoms with Gasteiger partial charge in [-0.25, -0.2) is 0 Å². The molecule has 23 heteroatoms. The van der Waals surface area contributed by atoms with E-state index < -0.39 is 188 Å². The molecule has 31 unspecified atom stereocenters. The Kier molecular flexibility index (Phi) is 42.4. The second-order valence-corrected chi connectivity index (χ2v) is 29.0. The molecule has 0 saturated carbocycles. The highest BCUT2D eigenvalue weighted by molar-refractivity contribution is 5.69. The predicted molar refractivity (Wildman–Crippen MR) is 362 cm³/mol. The molecule has 0 aromatic heterocycles. The van der Waals surface area contributed by atoms with Crippen molar-refractivity contribution in [1.29, 1.82) is 0 Å². The first-order valence-electron chi connectivity index (χ1n) is 35.6. The zero-order chi connectivity index (χ0) is 72.1. The van der Waals surface area contributed by atoms with E-state index in [9.17, 15) is 96.7 Å². The van der Waals surface area contributed by atoms with Crippen LogP contribution in [0.25, 0.3) is 0 Å². The van der Waals surface area contributed by atoms with Gasteiger partial charge in [-0.05, 0) is 114 Å². The Hall–Kier alpha value is -2.41. The van der Waals surface area contributed by atoms with Crippen molar-refractivity contribution >= 4 is 5.97 Å². The molecule has 95 heavy (non-hydrogen) atoms. The second-order valence-electron chi connectivity index (χ2n) is 29.0. The molecule has 0 amide bonds. The third-order valence-corrected chi connectivity index (χ3v) is 20.8. The van der Waals surface area contributed by atoms with Gasteiger partial charge in [-0.2, -0.15) is 0 Å². The van der Waals surface area contributed by atoms with E-state index in [0.717, 1.165) is 32.1 Å². The maximum atomic E-state index is 13.5. The fourth-order valence-electron chi connectivity index (χ4n) is 13.2. The third kappa shape index (κ3) is 30.4. The van der Waals surface area contributed by atoms with Gasteiger partial charge < -0.3 is 112 Å². The van der Waals surface area contributed by atoms with Crippen LogP contribution in [0.15, 0.2) is 47.6 Å². The maximum absolute atomic E-state index is 13.5. The van der Waals surface area contributed by atoms with E-state index in [-0.39, 0.29) is 55.9 Å². The number of aliphatic hydroxyl groups is 18. The molecule has 0 radical (unpaired) electrons. The fourth-order valence-corrected chi connectivity index (χ4v) is 13.2. The molecule has 31 atom stereocenters. The minimum Gasteiger partial charge on any atom is -0.462 e. The molecule has 0 aromatic rings. The average Bonchev–Trinajstić information content (AvgIpc) is 0.820. The summed E-state index contributed by atoms with van der Waals surface area (Å²) in [5.41, 5.74) is 6.49. The molecular formula is C72H133NO22. The van der Waals surface area contributed by atoms with Gasteiger partial charge in [-0.1, -0.05) is 138 Å². The molecule has 0 aromatic carbocycles. The monoisotopic (exact) mass is 1360 g/mol. The highest BCUT2D eigenvalue weighted by Crippen LogP contribution is 2.33. The lowest BCUT2D eigenvalue weighted by molar-refractivity contribution is -0.314. The maximum Gasteiger partial charge on any atom is 0.306 e. The van der Waals surface area contributed by atoms with Gasteiger partial charge in [0, 0.05) is 60.2 Å². The molecule has 0 spiro atoms. The number of hydrogen-bond acceptors (Lipinski definition) is 23. The number of unbranched alkanes of at least 4 members (excludes halogenated alkanes) is 3. The molecule has 0 bridgehead atoms. The molecule has 0 aliphatic carbocycles. The standard InChI is InChI=1S/C72H133NO22/c1-39-22-19-20-25-55(79)46(8)54(78)24-17-15-18-26-62(84)95-71(42(4)23-16-13-14-21-31-73)50(12)59(83)37-53(77)36-58(82)48(10)66(88)47(9)56(80)34-51(75)29-27-40(2)63(85)41(3)28-30-52(76)35-57(81)49(11)67(89)60(33-45(7)65(87)44(6)32-43(5)64(39)86)93-72-70(92)69(91)68(90)61(38-74)94-72/h19,22,28,30,32-33,39-42,44,46-61,63-72,74-83,85-92H,13-18,20-21,23-27,29,31,34-38,73H2,1-12H3/b22-19+,30-28?,43-32+,45-33+. The number of carbonyl (C=O) groups is 1. The topological polar surface area (TPSA) is 435 Å². The van der Waals surface area contributed by atoms with E-state index in [1.807, 2.05) is 26.0 Å². The van der Waals surface area contributed by atoms with Crippen molar-refractivity contribution in [2.45, 2.75) is 327 Å². The first-order valence-corrected chi connectivity index (χ1v) is 35.6. The lowest BCUT2D eigenvalue weighted by Crippen LogP contribution is -2.60. The van der Waals surface area contributed by atoms with Crippen LogP contribution in [0.1, 0.15) is 199 Å². The van der Waals surface area contributed by atoms with Crippen LogP contribution in [0.3, 0.4) is 0 Å². The SMILES string of the molecule is C/C1=C\C(C)C(O)/C(C)=C/C(OC2OC(CO)C(O)C(O)C2O)C(O)C(C)C(O)CC(O)C=CC(C)C(O)C(C)CCC(O)CC(O)C(C)C(O)C(C)C(O)CC(O)CC(O)C(C)C(C(C)CCCCCCN)OC(=O)CCCCCC(O)C(C)C(O)CC/C=C/C(C)C1O. The van der Waals surface area contributed by atoms with Crippen molar-refractivity contribution in [3.63, 3.8) is 0 Å². The summed E-state index contributed by atoms with van der Waals surface area (Å²) < 4.78 is 17.8. The number of cyclic esters (lactones) is 1. The molecule has 23 nitrogen and oxygen atoms in total. The highest BCUT2D eigenvalue weighted by Gasteiger charge is 2.46. The normalized spacial score (nSPS) is 44.0. The Bertz CT molecular complexity index is 2190. The molecule has 1 fully saturated rings. The molecule has 2 rings (SSSR count). The summed E-state index contributed by atoms with van der Waals surface area (Å²) in [6.07, 6.45) is -10.2. The van der Waals surface area contributed by atoms with E-state index in [1.165, 1.54) is 19.1 Å².